The molecular weight excluding hydrogens is 396 g/mol. The summed E-state index contributed by atoms with van der Waals surface area (Å²) in [6.07, 6.45) is 1.62. The van der Waals surface area contributed by atoms with Gasteiger partial charge in [-0.25, -0.2) is 14.6 Å². The highest BCUT2D eigenvalue weighted by Gasteiger charge is 2.24. The first kappa shape index (κ1) is 18.7. The molecule has 1 amide bonds. The van der Waals surface area contributed by atoms with Crippen molar-refractivity contribution < 1.29 is 4.79 Å². The quantitative estimate of drug-likeness (QED) is 0.510. The molecule has 4 heterocycles. The van der Waals surface area contributed by atoms with Gasteiger partial charge >= 0.3 is 0 Å². The third kappa shape index (κ3) is 3.33. The number of piperazine rings is 1. The molecule has 0 atom stereocenters. The summed E-state index contributed by atoms with van der Waals surface area (Å²) in [7, 11) is 0. The molecule has 1 aliphatic heterocycles. The molecule has 0 radical (unpaired) electrons. The van der Waals surface area contributed by atoms with Crippen LogP contribution in [0.3, 0.4) is 0 Å². The molecule has 3 aromatic heterocycles. The number of amides is 1. The lowest BCUT2D eigenvalue weighted by molar-refractivity contribution is 0.0746. The van der Waals surface area contributed by atoms with Gasteiger partial charge in [0.05, 0.1) is 16.8 Å². The van der Waals surface area contributed by atoms with Gasteiger partial charge in [0.15, 0.2) is 0 Å². The summed E-state index contributed by atoms with van der Waals surface area (Å²) in [5, 5.41) is 7.63. The molecule has 1 saturated heterocycles. The van der Waals surface area contributed by atoms with Crippen LogP contribution in [-0.2, 0) is 0 Å². The van der Waals surface area contributed by atoms with E-state index in [1.165, 1.54) is 0 Å². The van der Waals surface area contributed by atoms with Crippen LogP contribution < -0.4 is 4.90 Å². The van der Waals surface area contributed by atoms with E-state index in [0.717, 1.165) is 46.2 Å². The molecule has 0 unspecified atom stereocenters. The van der Waals surface area contributed by atoms with Crippen molar-refractivity contribution in [1.29, 1.82) is 0 Å². The lowest BCUT2D eigenvalue weighted by atomic mass is 10.1. The Labute approximate surface area is 178 Å². The lowest BCUT2D eigenvalue weighted by Crippen LogP contribution is -2.49. The van der Waals surface area contributed by atoms with E-state index in [-0.39, 0.29) is 5.91 Å². The third-order valence-corrected chi connectivity index (χ3v) is 6.30. The Hall–Kier alpha value is -3.26. The topological polar surface area (TPSA) is 67.2 Å². The van der Waals surface area contributed by atoms with Crippen LogP contribution in [0.15, 0.2) is 48.1 Å². The van der Waals surface area contributed by atoms with Crippen LogP contribution in [0.4, 0.5) is 5.82 Å². The molecule has 8 heteroatoms. The second-order valence-corrected chi connectivity index (χ2v) is 8.40. The van der Waals surface area contributed by atoms with Gasteiger partial charge in [0.25, 0.3) is 5.91 Å². The summed E-state index contributed by atoms with van der Waals surface area (Å²) < 4.78 is 1.90. The number of carbonyl (C=O) groups excluding carboxylic acids is 1. The predicted molar refractivity (Wildman–Crippen MR) is 119 cm³/mol. The molecular formula is C22H22N6OS. The van der Waals surface area contributed by atoms with Crippen molar-refractivity contribution in [2.75, 3.05) is 31.1 Å². The minimum Gasteiger partial charge on any atom is -0.352 e. The van der Waals surface area contributed by atoms with E-state index in [2.05, 4.69) is 26.0 Å². The van der Waals surface area contributed by atoms with Crippen molar-refractivity contribution >= 4 is 33.3 Å². The Balaban J connectivity index is 1.28. The van der Waals surface area contributed by atoms with E-state index in [0.29, 0.717) is 18.7 Å². The number of carbonyl (C=O) groups is 1. The fourth-order valence-corrected chi connectivity index (χ4v) is 4.70. The van der Waals surface area contributed by atoms with Gasteiger partial charge in [-0.2, -0.15) is 5.10 Å². The van der Waals surface area contributed by atoms with Crippen molar-refractivity contribution in [3.05, 3.63) is 65.1 Å². The SMILES string of the molecule is Cc1cc(C)n(-c2ccc(C(=O)N3CCN(c4ncnc5sccc45)CC3)cc2)n1. The molecule has 0 aliphatic carbocycles. The first-order valence-electron chi connectivity index (χ1n) is 9.96. The molecule has 1 fully saturated rings. The number of benzene rings is 1. The summed E-state index contributed by atoms with van der Waals surface area (Å²) in [4.78, 5) is 27.0. The lowest BCUT2D eigenvalue weighted by Gasteiger charge is -2.35. The molecule has 4 aromatic rings. The molecule has 0 bridgehead atoms. The normalized spacial score (nSPS) is 14.5. The average Bonchev–Trinajstić information content (AvgIpc) is 3.39. The largest absolute Gasteiger partial charge is 0.352 e. The zero-order valence-corrected chi connectivity index (χ0v) is 17.8. The number of fused-ring (bicyclic) bond motifs is 1. The molecule has 0 saturated carbocycles. The fraction of sp³-hybridized carbons (Fsp3) is 0.273. The molecule has 1 aromatic carbocycles. The predicted octanol–water partition coefficient (Wildman–Crippen LogP) is 3.46. The zero-order valence-electron chi connectivity index (χ0n) is 16.9. The second-order valence-electron chi connectivity index (χ2n) is 7.50. The van der Waals surface area contributed by atoms with E-state index in [1.54, 1.807) is 17.7 Å². The van der Waals surface area contributed by atoms with Crippen molar-refractivity contribution in [2.45, 2.75) is 13.8 Å². The highest BCUT2D eigenvalue weighted by Crippen LogP contribution is 2.27. The highest BCUT2D eigenvalue weighted by molar-refractivity contribution is 7.16. The second kappa shape index (κ2) is 7.53. The van der Waals surface area contributed by atoms with Crippen LogP contribution in [0.5, 0.6) is 0 Å². The van der Waals surface area contributed by atoms with Crippen LogP contribution in [0.25, 0.3) is 15.9 Å². The van der Waals surface area contributed by atoms with Crippen molar-refractivity contribution in [1.82, 2.24) is 24.6 Å². The first-order chi connectivity index (χ1) is 14.6. The van der Waals surface area contributed by atoms with Crippen LogP contribution in [0.2, 0.25) is 0 Å². The van der Waals surface area contributed by atoms with E-state index >= 15 is 0 Å². The molecule has 5 rings (SSSR count). The number of thiophene rings is 1. The van der Waals surface area contributed by atoms with Gasteiger partial charge in [0.1, 0.15) is 17.0 Å². The van der Waals surface area contributed by atoms with Crippen LogP contribution in [0.1, 0.15) is 21.7 Å². The number of hydrogen-bond donors (Lipinski definition) is 0. The van der Waals surface area contributed by atoms with E-state index in [4.69, 9.17) is 0 Å². The number of nitrogens with zero attached hydrogens (tertiary/aromatic N) is 6. The van der Waals surface area contributed by atoms with Gasteiger partial charge in [-0.15, -0.1) is 11.3 Å². The Morgan fingerprint density at radius 2 is 1.77 bits per heavy atom. The molecule has 7 nitrogen and oxygen atoms in total. The van der Waals surface area contributed by atoms with Gasteiger partial charge < -0.3 is 9.80 Å². The Morgan fingerprint density at radius 3 is 2.47 bits per heavy atom. The summed E-state index contributed by atoms with van der Waals surface area (Å²) in [5.41, 5.74) is 3.72. The molecule has 0 N–H and O–H groups in total. The van der Waals surface area contributed by atoms with E-state index < -0.39 is 0 Å². The van der Waals surface area contributed by atoms with E-state index in [1.807, 2.05) is 59.1 Å². The Bertz CT molecular complexity index is 1200. The fourth-order valence-electron chi connectivity index (χ4n) is 3.97. The van der Waals surface area contributed by atoms with Crippen molar-refractivity contribution in [3.8, 4) is 5.69 Å². The smallest absolute Gasteiger partial charge is 0.253 e. The highest BCUT2D eigenvalue weighted by atomic mass is 32.1. The maximum Gasteiger partial charge on any atom is 0.253 e. The first-order valence-corrected chi connectivity index (χ1v) is 10.8. The number of rotatable bonds is 3. The van der Waals surface area contributed by atoms with Gasteiger partial charge in [0, 0.05) is 37.4 Å². The maximum absolute atomic E-state index is 13.0. The number of hydrogen-bond acceptors (Lipinski definition) is 6. The number of aryl methyl sites for hydroxylation is 2. The number of aromatic nitrogens is 4. The third-order valence-electron chi connectivity index (χ3n) is 5.48. The van der Waals surface area contributed by atoms with Gasteiger partial charge in [0.2, 0.25) is 0 Å². The standard InChI is InChI=1S/C22H22N6OS/c1-15-13-16(2)28(25-15)18-5-3-17(4-6-18)22(29)27-10-8-26(9-11-27)20-19-7-12-30-21(19)24-14-23-20/h3-7,12-14H,8-11H2,1-2H3. The zero-order chi connectivity index (χ0) is 20.7. The summed E-state index contributed by atoms with van der Waals surface area (Å²) >= 11 is 1.62. The minimum atomic E-state index is 0.0675. The summed E-state index contributed by atoms with van der Waals surface area (Å²) in [6, 6.07) is 11.8. The van der Waals surface area contributed by atoms with Gasteiger partial charge in [-0.1, -0.05) is 0 Å². The molecule has 30 heavy (non-hydrogen) atoms. The maximum atomic E-state index is 13.0. The van der Waals surface area contributed by atoms with Crippen LogP contribution in [-0.4, -0.2) is 56.7 Å². The molecule has 1 aliphatic rings. The van der Waals surface area contributed by atoms with Crippen LogP contribution >= 0.6 is 11.3 Å². The van der Waals surface area contributed by atoms with Gasteiger partial charge in [-0.05, 0) is 55.6 Å². The number of anilines is 1. The monoisotopic (exact) mass is 418 g/mol. The average molecular weight is 419 g/mol. The Kier molecular flexibility index (Phi) is 4.71. The molecule has 152 valence electrons. The van der Waals surface area contributed by atoms with Gasteiger partial charge in [-0.3, -0.25) is 4.79 Å². The summed E-state index contributed by atoms with van der Waals surface area (Å²) in [6.45, 7) is 6.88. The van der Waals surface area contributed by atoms with Crippen molar-refractivity contribution in [2.24, 2.45) is 0 Å². The summed E-state index contributed by atoms with van der Waals surface area (Å²) in [5.74, 6) is 1.03. The van der Waals surface area contributed by atoms with Crippen LogP contribution in [0, 0.1) is 13.8 Å². The van der Waals surface area contributed by atoms with Crippen molar-refractivity contribution in [3.63, 3.8) is 0 Å². The minimum absolute atomic E-state index is 0.0675. The Morgan fingerprint density at radius 1 is 1.00 bits per heavy atom. The van der Waals surface area contributed by atoms with E-state index in [9.17, 15) is 4.79 Å². The molecule has 0 spiro atoms.